The van der Waals surface area contributed by atoms with Crippen LogP contribution in [0.15, 0.2) is 36.4 Å². The number of halogens is 1. The molecule has 1 heterocycles. The largest absolute Gasteiger partial charge is 0.486 e. The van der Waals surface area contributed by atoms with Crippen LogP contribution >= 0.6 is 11.6 Å². The molecule has 0 bridgehead atoms. The summed E-state index contributed by atoms with van der Waals surface area (Å²) in [5.41, 5.74) is 0.980. The van der Waals surface area contributed by atoms with Gasteiger partial charge in [-0.3, -0.25) is 14.9 Å². The lowest BCUT2D eigenvalue weighted by Gasteiger charge is -2.18. The van der Waals surface area contributed by atoms with E-state index in [9.17, 15) is 14.4 Å². The van der Waals surface area contributed by atoms with Gasteiger partial charge < -0.3 is 19.9 Å². The van der Waals surface area contributed by atoms with Crippen molar-refractivity contribution in [2.45, 2.75) is 6.42 Å². The number of carboxylic acids is 1. The Balaban J connectivity index is 1.63. The average Bonchev–Trinajstić information content (AvgIpc) is 2.63. The van der Waals surface area contributed by atoms with E-state index in [1.54, 1.807) is 6.07 Å². The summed E-state index contributed by atoms with van der Waals surface area (Å²) in [5.74, 6) is -0.646. The molecule has 0 atom stereocenters. The van der Waals surface area contributed by atoms with Crippen molar-refractivity contribution < 1.29 is 29.0 Å². The number of hydrogen-bond acceptors (Lipinski definition) is 5. The molecule has 2 aromatic carbocycles. The molecule has 8 nitrogen and oxygen atoms in total. The molecule has 3 rings (SSSR count). The molecule has 0 unspecified atom stereocenters. The zero-order chi connectivity index (χ0) is 19.4. The van der Waals surface area contributed by atoms with Crippen molar-refractivity contribution in [1.82, 2.24) is 5.32 Å². The SMILES string of the molecule is O=C(O)Cc1ccc(NC(=O)NC(=O)c2ccc3c(c2)OCCO3)cc1Cl. The van der Waals surface area contributed by atoms with Gasteiger partial charge in [0.05, 0.1) is 6.42 Å². The number of carboxylic acid groups (broad SMARTS) is 1. The van der Waals surface area contributed by atoms with Crippen molar-refractivity contribution in [3.63, 3.8) is 0 Å². The van der Waals surface area contributed by atoms with Crippen LogP contribution in [0.1, 0.15) is 15.9 Å². The van der Waals surface area contributed by atoms with Crippen LogP contribution < -0.4 is 20.1 Å². The molecule has 0 aliphatic carbocycles. The minimum Gasteiger partial charge on any atom is -0.486 e. The van der Waals surface area contributed by atoms with Crippen molar-refractivity contribution in [1.29, 1.82) is 0 Å². The molecule has 1 aliphatic heterocycles. The second kappa shape index (κ2) is 7.96. The Bertz CT molecular complexity index is 915. The van der Waals surface area contributed by atoms with E-state index < -0.39 is 17.9 Å². The third-order valence-electron chi connectivity index (χ3n) is 3.68. The van der Waals surface area contributed by atoms with Crippen LogP contribution in [-0.4, -0.2) is 36.2 Å². The smallest absolute Gasteiger partial charge is 0.326 e. The van der Waals surface area contributed by atoms with Crippen molar-refractivity contribution in [3.8, 4) is 11.5 Å². The molecule has 0 aromatic heterocycles. The van der Waals surface area contributed by atoms with Crippen LogP contribution in [-0.2, 0) is 11.2 Å². The molecule has 1 aliphatic rings. The van der Waals surface area contributed by atoms with Crippen molar-refractivity contribution in [2.75, 3.05) is 18.5 Å². The van der Waals surface area contributed by atoms with Crippen molar-refractivity contribution in [3.05, 3.63) is 52.5 Å². The Morgan fingerprint density at radius 3 is 2.48 bits per heavy atom. The summed E-state index contributed by atoms with van der Waals surface area (Å²) < 4.78 is 10.8. The number of imide groups is 1. The molecule has 3 amide bonds. The van der Waals surface area contributed by atoms with Gasteiger partial charge in [-0.05, 0) is 35.9 Å². The molecular formula is C18H15ClN2O6. The summed E-state index contributed by atoms with van der Waals surface area (Å²) >= 11 is 6.00. The monoisotopic (exact) mass is 390 g/mol. The number of nitrogens with one attached hydrogen (secondary N) is 2. The highest BCUT2D eigenvalue weighted by Gasteiger charge is 2.17. The van der Waals surface area contributed by atoms with E-state index in [2.05, 4.69) is 10.6 Å². The molecule has 0 spiro atoms. The van der Waals surface area contributed by atoms with Gasteiger partial charge in [0, 0.05) is 16.3 Å². The fraction of sp³-hybridized carbons (Fsp3) is 0.167. The number of benzene rings is 2. The topological polar surface area (TPSA) is 114 Å². The number of anilines is 1. The number of fused-ring (bicyclic) bond motifs is 1. The third kappa shape index (κ3) is 4.68. The molecule has 2 aromatic rings. The minimum atomic E-state index is -1.01. The normalized spacial score (nSPS) is 12.2. The molecule has 140 valence electrons. The van der Waals surface area contributed by atoms with Gasteiger partial charge in [-0.15, -0.1) is 0 Å². The highest BCUT2D eigenvalue weighted by atomic mass is 35.5. The van der Waals surface area contributed by atoms with E-state index in [0.29, 0.717) is 36.0 Å². The Labute approximate surface area is 159 Å². The Hall–Kier alpha value is -3.26. The number of hydrogen-bond donors (Lipinski definition) is 3. The first-order valence-corrected chi connectivity index (χ1v) is 8.32. The molecule has 9 heteroatoms. The van der Waals surface area contributed by atoms with Crippen LogP contribution in [0.3, 0.4) is 0 Å². The summed E-state index contributed by atoms with van der Waals surface area (Å²) in [4.78, 5) is 35.0. The number of carbonyl (C=O) groups is 3. The second-order valence-electron chi connectivity index (χ2n) is 5.64. The summed E-state index contributed by atoms with van der Waals surface area (Å²) in [6, 6.07) is 8.27. The average molecular weight is 391 g/mol. The van der Waals surface area contributed by atoms with Gasteiger partial charge in [-0.25, -0.2) is 4.79 Å². The second-order valence-corrected chi connectivity index (χ2v) is 6.05. The van der Waals surface area contributed by atoms with Crippen LogP contribution in [0.4, 0.5) is 10.5 Å². The van der Waals surface area contributed by atoms with Crippen LogP contribution in [0.2, 0.25) is 5.02 Å². The number of rotatable bonds is 4. The Morgan fingerprint density at radius 2 is 1.78 bits per heavy atom. The van der Waals surface area contributed by atoms with Crippen molar-refractivity contribution >= 4 is 35.2 Å². The van der Waals surface area contributed by atoms with Gasteiger partial charge in [0.1, 0.15) is 13.2 Å². The van der Waals surface area contributed by atoms with E-state index >= 15 is 0 Å². The van der Waals surface area contributed by atoms with Gasteiger partial charge in [0.2, 0.25) is 0 Å². The Morgan fingerprint density at radius 1 is 1.04 bits per heavy atom. The van der Waals surface area contributed by atoms with E-state index in [-0.39, 0.29) is 17.0 Å². The zero-order valence-corrected chi connectivity index (χ0v) is 14.7. The zero-order valence-electron chi connectivity index (χ0n) is 14.0. The molecule has 0 radical (unpaired) electrons. The maximum absolute atomic E-state index is 12.2. The number of aliphatic carboxylic acids is 1. The maximum Gasteiger partial charge on any atom is 0.326 e. The molecule has 0 fully saturated rings. The maximum atomic E-state index is 12.2. The van der Waals surface area contributed by atoms with E-state index in [1.807, 2.05) is 0 Å². The van der Waals surface area contributed by atoms with E-state index in [1.165, 1.54) is 30.3 Å². The summed E-state index contributed by atoms with van der Waals surface area (Å²) in [7, 11) is 0. The lowest BCUT2D eigenvalue weighted by Crippen LogP contribution is -2.34. The summed E-state index contributed by atoms with van der Waals surface area (Å²) in [5, 5.41) is 13.7. The molecular weight excluding hydrogens is 376 g/mol. The van der Waals surface area contributed by atoms with E-state index in [0.717, 1.165) is 0 Å². The molecule has 3 N–H and O–H groups in total. The standard InChI is InChI=1S/C18H15ClN2O6/c19-13-9-12(3-1-10(13)8-16(22)23)20-18(25)21-17(24)11-2-4-14-15(7-11)27-6-5-26-14/h1-4,7,9H,5-6,8H2,(H,22,23)(H2,20,21,24,25). The van der Waals surface area contributed by atoms with Crippen LogP contribution in [0.25, 0.3) is 0 Å². The fourth-order valence-corrected chi connectivity index (χ4v) is 2.70. The fourth-order valence-electron chi connectivity index (χ4n) is 2.45. The number of ether oxygens (including phenoxy) is 2. The molecule has 27 heavy (non-hydrogen) atoms. The van der Waals surface area contributed by atoms with Gasteiger partial charge >= 0.3 is 12.0 Å². The first kappa shape index (κ1) is 18.5. The van der Waals surface area contributed by atoms with Crippen LogP contribution in [0.5, 0.6) is 11.5 Å². The minimum absolute atomic E-state index is 0.202. The number of carbonyl (C=O) groups excluding carboxylic acids is 2. The lowest BCUT2D eigenvalue weighted by atomic mass is 10.1. The first-order chi connectivity index (χ1) is 12.9. The first-order valence-electron chi connectivity index (χ1n) is 7.94. The highest BCUT2D eigenvalue weighted by molar-refractivity contribution is 6.31. The van der Waals surface area contributed by atoms with Crippen LogP contribution in [0, 0.1) is 0 Å². The summed E-state index contributed by atoms with van der Waals surface area (Å²) in [6.07, 6.45) is -0.228. The van der Waals surface area contributed by atoms with E-state index in [4.69, 9.17) is 26.2 Å². The Kier molecular flexibility index (Phi) is 5.46. The third-order valence-corrected chi connectivity index (χ3v) is 4.04. The van der Waals surface area contributed by atoms with Gasteiger partial charge in [-0.2, -0.15) is 0 Å². The summed E-state index contributed by atoms with van der Waals surface area (Å²) in [6.45, 7) is 0.825. The van der Waals surface area contributed by atoms with Gasteiger partial charge in [0.25, 0.3) is 5.91 Å². The van der Waals surface area contributed by atoms with Crippen molar-refractivity contribution in [2.24, 2.45) is 0 Å². The predicted octanol–water partition coefficient (Wildman–Crippen LogP) is 2.70. The predicted molar refractivity (Wildman–Crippen MR) is 96.7 cm³/mol. The lowest BCUT2D eigenvalue weighted by molar-refractivity contribution is -0.136. The molecule has 0 saturated heterocycles. The molecule has 0 saturated carbocycles. The highest BCUT2D eigenvalue weighted by Crippen LogP contribution is 2.30. The van der Waals surface area contributed by atoms with Gasteiger partial charge in [0.15, 0.2) is 11.5 Å². The number of amides is 3. The number of urea groups is 1. The van der Waals surface area contributed by atoms with Gasteiger partial charge in [-0.1, -0.05) is 17.7 Å². The quantitative estimate of drug-likeness (QED) is 0.739.